The Labute approximate surface area is 65.1 Å². The van der Waals surface area contributed by atoms with Gasteiger partial charge in [-0.15, -0.1) is 0 Å². The van der Waals surface area contributed by atoms with Gasteiger partial charge in [0.1, 0.15) is 6.26 Å². The Morgan fingerprint density at radius 3 is 2.36 bits per heavy atom. The lowest BCUT2D eigenvalue weighted by Crippen LogP contribution is -2.01. The molecule has 0 saturated carbocycles. The van der Waals surface area contributed by atoms with E-state index in [1.54, 1.807) is 25.5 Å². The van der Waals surface area contributed by atoms with Crippen LogP contribution in [0.5, 0.6) is 0 Å². The van der Waals surface area contributed by atoms with Crippen molar-refractivity contribution in [2.45, 2.75) is 13.3 Å². The van der Waals surface area contributed by atoms with Gasteiger partial charge < -0.3 is 9.94 Å². The van der Waals surface area contributed by atoms with Crippen molar-refractivity contribution in [3.8, 4) is 0 Å². The maximum atomic E-state index is 9.37. The number of hydrogen-bond donors (Lipinski definition) is 2. The van der Waals surface area contributed by atoms with Crippen LogP contribution in [0, 0.1) is 0 Å². The quantitative estimate of drug-likeness (QED) is 0.596. The first-order chi connectivity index (χ1) is 5.27. The summed E-state index contributed by atoms with van der Waals surface area (Å²) in [5.74, 6) is -0.745. The molecular weight excluding hydrogens is 146 g/mol. The summed E-state index contributed by atoms with van der Waals surface area (Å²) >= 11 is 0. The molecule has 62 valence electrons. The molecule has 0 atom stereocenters. The summed E-state index contributed by atoms with van der Waals surface area (Å²) in [6.45, 7) is 1.60. The number of allylic oxidation sites excluding steroid dienone is 2. The fourth-order valence-electron chi connectivity index (χ4n) is 0.258. The summed E-state index contributed by atoms with van der Waals surface area (Å²) < 4.78 is 0. The van der Waals surface area contributed by atoms with E-state index in [1.807, 2.05) is 6.08 Å². The lowest BCUT2D eigenvalue weighted by Gasteiger charge is -1.97. The molecule has 0 aromatic rings. The second kappa shape index (κ2) is 6.67. The standard InChI is InChI=1S/C4H5NO.C3H6O2/c1-2-4-6-5-3-1;1-2-3(4)5/h1-5H;2H2,1H3,(H,4,5). The van der Waals surface area contributed by atoms with Crippen LogP contribution in [0.1, 0.15) is 13.3 Å². The van der Waals surface area contributed by atoms with Gasteiger partial charge in [-0.1, -0.05) is 6.92 Å². The van der Waals surface area contributed by atoms with Gasteiger partial charge in [-0.3, -0.25) is 4.79 Å². The zero-order valence-corrected chi connectivity index (χ0v) is 6.28. The lowest BCUT2D eigenvalue weighted by atomic mass is 10.5. The predicted molar refractivity (Wildman–Crippen MR) is 40.4 cm³/mol. The van der Waals surface area contributed by atoms with Gasteiger partial charge in [-0.2, -0.15) is 0 Å². The third kappa shape index (κ3) is 8.55. The van der Waals surface area contributed by atoms with Crippen molar-refractivity contribution in [3.63, 3.8) is 0 Å². The molecule has 1 aliphatic rings. The molecule has 11 heavy (non-hydrogen) atoms. The molecule has 0 fully saturated rings. The molecule has 0 unspecified atom stereocenters. The minimum atomic E-state index is -0.745. The molecular formula is C7H11NO3. The highest BCUT2D eigenvalue weighted by molar-refractivity contribution is 5.66. The van der Waals surface area contributed by atoms with Gasteiger partial charge in [0.2, 0.25) is 0 Å². The number of carboxylic acid groups (broad SMARTS) is 1. The van der Waals surface area contributed by atoms with E-state index in [0.717, 1.165) is 0 Å². The van der Waals surface area contributed by atoms with E-state index in [-0.39, 0.29) is 6.42 Å². The molecule has 0 spiro atoms. The summed E-state index contributed by atoms with van der Waals surface area (Å²) in [5.41, 5.74) is 2.52. The van der Waals surface area contributed by atoms with E-state index in [0.29, 0.717) is 0 Å². The van der Waals surface area contributed by atoms with Gasteiger partial charge in [0, 0.05) is 12.6 Å². The highest BCUT2D eigenvalue weighted by atomic mass is 16.6. The number of aliphatic carboxylic acids is 1. The molecule has 1 rings (SSSR count). The first-order valence-corrected chi connectivity index (χ1v) is 3.22. The molecule has 0 aromatic heterocycles. The molecule has 4 nitrogen and oxygen atoms in total. The Hall–Kier alpha value is -1.45. The van der Waals surface area contributed by atoms with Gasteiger partial charge in [0.05, 0.1) is 0 Å². The Balaban J connectivity index is 0.000000187. The smallest absolute Gasteiger partial charge is 0.303 e. The molecule has 4 heteroatoms. The van der Waals surface area contributed by atoms with Crippen LogP contribution >= 0.6 is 0 Å². The zero-order chi connectivity index (χ0) is 8.53. The number of rotatable bonds is 1. The monoisotopic (exact) mass is 157 g/mol. The number of nitrogens with one attached hydrogen (secondary N) is 1. The van der Waals surface area contributed by atoms with Crippen LogP contribution < -0.4 is 5.48 Å². The van der Waals surface area contributed by atoms with Crippen LogP contribution in [0.4, 0.5) is 0 Å². The number of hydroxylamine groups is 1. The molecule has 1 aliphatic heterocycles. The lowest BCUT2D eigenvalue weighted by molar-refractivity contribution is -0.136. The van der Waals surface area contributed by atoms with E-state index in [1.165, 1.54) is 0 Å². The summed E-state index contributed by atoms with van der Waals surface area (Å²) in [7, 11) is 0. The van der Waals surface area contributed by atoms with Gasteiger partial charge in [0.25, 0.3) is 0 Å². The Morgan fingerprint density at radius 1 is 1.64 bits per heavy atom. The number of hydrogen-bond acceptors (Lipinski definition) is 3. The zero-order valence-electron chi connectivity index (χ0n) is 6.28. The van der Waals surface area contributed by atoms with E-state index >= 15 is 0 Å². The van der Waals surface area contributed by atoms with E-state index < -0.39 is 5.97 Å². The average Bonchev–Trinajstić information content (AvgIpc) is 2.09. The van der Waals surface area contributed by atoms with Crippen LogP contribution in [-0.2, 0) is 9.63 Å². The van der Waals surface area contributed by atoms with Gasteiger partial charge in [-0.25, -0.2) is 5.48 Å². The molecule has 2 N–H and O–H groups in total. The molecule has 1 heterocycles. The predicted octanol–water partition coefficient (Wildman–Crippen LogP) is 1.03. The van der Waals surface area contributed by atoms with Gasteiger partial charge in [0.15, 0.2) is 0 Å². The van der Waals surface area contributed by atoms with Crippen LogP contribution in [-0.4, -0.2) is 11.1 Å². The van der Waals surface area contributed by atoms with Crippen molar-refractivity contribution in [2.75, 3.05) is 0 Å². The maximum absolute atomic E-state index is 9.37. The van der Waals surface area contributed by atoms with Crippen molar-refractivity contribution in [1.82, 2.24) is 5.48 Å². The molecule has 0 aliphatic carbocycles. The topological polar surface area (TPSA) is 58.6 Å². The van der Waals surface area contributed by atoms with Crippen LogP contribution in [0.3, 0.4) is 0 Å². The average molecular weight is 157 g/mol. The first-order valence-electron chi connectivity index (χ1n) is 3.22. The second-order valence-electron chi connectivity index (χ2n) is 1.67. The molecule has 0 amide bonds. The highest BCUT2D eigenvalue weighted by Gasteiger charge is 1.80. The van der Waals surface area contributed by atoms with Crippen LogP contribution in [0.15, 0.2) is 24.6 Å². The first kappa shape index (κ1) is 9.55. The van der Waals surface area contributed by atoms with E-state index in [2.05, 4.69) is 10.3 Å². The van der Waals surface area contributed by atoms with Crippen molar-refractivity contribution >= 4 is 5.97 Å². The van der Waals surface area contributed by atoms with Crippen molar-refractivity contribution in [3.05, 3.63) is 24.6 Å². The third-order valence-corrected chi connectivity index (χ3v) is 0.792. The summed E-state index contributed by atoms with van der Waals surface area (Å²) in [6, 6.07) is 0. The largest absolute Gasteiger partial charge is 0.481 e. The molecule has 0 aromatic carbocycles. The van der Waals surface area contributed by atoms with Gasteiger partial charge in [-0.05, 0) is 12.2 Å². The summed E-state index contributed by atoms with van der Waals surface area (Å²) in [6.07, 6.45) is 7.15. The normalized spacial score (nSPS) is 12.1. The van der Waals surface area contributed by atoms with Crippen LogP contribution in [0.2, 0.25) is 0 Å². The fourth-order valence-corrected chi connectivity index (χ4v) is 0.258. The minimum absolute atomic E-state index is 0.222. The number of carbonyl (C=O) groups is 1. The Kier molecular flexibility index (Phi) is 5.79. The molecule has 0 saturated heterocycles. The SMILES string of the molecule is C1=CNOC=C1.CCC(=O)O. The number of carboxylic acids is 1. The van der Waals surface area contributed by atoms with E-state index in [9.17, 15) is 4.79 Å². The van der Waals surface area contributed by atoms with E-state index in [4.69, 9.17) is 5.11 Å². The second-order valence-corrected chi connectivity index (χ2v) is 1.67. The fraction of sp³-hybridized carbons (Fsp3) is 0.286. The Morgan fingerprint density at radius 2 is 2.27 bits per heavy atom. The van der Waals surface area contributed by atoms with Crippen molar-refractivity contribution < 1.29 is 14.7 Å². The maximum Gasteiger partial charge on any atom is 0.303 e. The highest BCUT2D eigenvalue weighted by Crippen LogP contribution is 1.80. The summed E-state index contributed by atoms with van der Waals surface area (Å²) in [4.78, 5) is 13.9. The molecule has 0 bridgehead atoms. The van der Waals surface area contributed by atoms with Crippen molar-refractivity contribution in [2.24, 2.45) is 0 Å². The van der Waals surface area contributed by atoms with Crippen LogP contribution in [0.25, 0.3) is 0 Å². The summed E-state index contributed by atoms with van der Waals surface area (Å²) in [5, 5.41) is 7.72. The van der Waals surface area contributed by atoms with Crippen molar-refractivity contribution in [1.29, 1.82) is 0 Å². The minimum Gasteiger partial charge on any atom is -0.481 e. The molecule has 0 radical (unpaired) electrons. The third-order valence-electron chi connectivity index (χ3n) is 0.792. The van der Waals surface area contributed by atoms with Gasteiger partial charge >= 0.3 is 5.97 Å². The Bertz CT molecular complexity index is 151.